The summed E-state index contributed by atoms with van der Waals surface area (Å²) >= 11 is 6.35. The molecule has 2 heterocycles. The zero-order valence-electron chi connectivity index (χ0n) is 13.7. The lowest BCUT2D eigenvalue weighted by Crippen LogP contribution is -2.40. The summed E-state index contributed by atoms with van der Waals surface area (Å²) in [6, 6.07) is 12.9. The molecule has 1 aromatic carbocycles. The highest BCUT2D eigenvalue weighted by atomic mass is 35.5. The molecular weight excluding hydrogens is 308 g/mol. The normalized spacial score (nSPS) is 19.3. The Kier molecular flexibility index (Phi) is 5.13. The first-order valence-electron chi connectivity index (χ1n) is 8.16. The number of rotatable bonds is 5. The van der Waals surface area contributed by atoms with E-state index in [0.29, 0.717) is 6.04 Å². The van der Waals surface area contributed by atoms with Crippen LogP contribution < -0.4 is 4.90 Å². The van der Waals surface area contributed by atoms with Crippen LogP contribution in [0.25, 0.3) is 0 Å². The van der Waals surface area contributed by atoms with Crippen LogP contribution in [0.2, 0.25) is 5.02 Å². The second-order valence-electron chi connectivity index (χ2n) is 6.21. The molecule has 2 unspecified atom stereocenters. The van der Waals surface area contributed by atoms with Crippen LogP contribution in [0.4, 0.5) is 5.82 Å². The van der Waals surface area contributed by atoms with Gasteiger partial charge < -0.3 is 4.90 Å². The summed E-state index contributed by atoms with van der Waals surface area (Å²) in [5.41, 5.74) is 1.18. The van der Waals surface area contributed by atoms with Crippen molar-refractivity contribution in [3.63, 3.8) is 0 Å². The number of likely N-dealkylation sites (N-methyl/N-ethyl adjacent to an activating group) is 1. The number of halogens is 1. The van der Waals surface area contributed by atoms with Crippen molar-refractivity contribution in [2.75, 3.05) is 25.0 Å². The lowest BCUT2D eigenvalue weighted by molar-refractivity contribution is 0.245. The fourth-order valence-corrected chi connectivity index (χ4v) is 3.61. The lowest BCUT2D eigenvalue weighted by Gasteiger charge is -2.32. The molecule has 23 heavy (non-hydrogen) atoms. The molecule has 0 spiro atoms. The monoisotopic (exact) mass is 330 g/mol. The lowest BCUT2D eigenvalue weighted by atomic mass is 10.1. The third-order valence-corrected chi connectivity index (χ3v) is 5.09. The van der Waals surface area contributed by atoms with Crippen molar-refractivity contribution in [1.29, 1.82) is 0 Å². The van der Waals surface area contributed by atoms with E-state index in [2.05, 4.69) is 40.0 Å². The van der Waals surface area contributed by atoms with Crippen LogP contribution in [0.1, 0.15) is 31.4 Å². The number of benzene rings is 1. The van der Waals surface area contributed by atoms with E-state index < -0.39 is 0 Å². The molecular formula is C18H23ClN4. The maximum Gasteiger partial charge on any atom is 0.151 e. The van der Waals surface area contributed by atoms with E-state index in [9.17, 15) is 0 Å². The van der Waals surface area contributed by atoms with E-state index in [1.165, 1.54) is 18.4 Å². The fourth-order valence-electron chi connectivity index (χ4n) is 3.32. The van der Waals surface area contributed by atoms with Gasteiger partial charge in [-0.1, -0.05) is 29.8 Å². The van der Waals surface area contributed by atoms with Crippen LogP contribution in [-0.4, -0.2) is 41.3 Å². The smallest absolute Gasteiger partial charge is 0.151 e. The van der Waals surface area contributed by atoms with Gasteiger partial charge in [0.15, 0.2) is 5.82 Å². The summed E-state index contributed by atoms with van der Waals surface area (Å²) in [5.74, 6) is 0.980. The third-order valence-electron chi connectivity index (χ3n) is 4.74. The van der Waals surface area contributed by atoms with Crippen LogP contribution in [0.15, 0.2) is 42.6 Å². The second-order valence-corrected chi connectivity index (χ2v) is 6.62. The van der Waals surface area contributed by atoms with Crippen molar-refractivity contribution in [2.45, 2.75) is 31.8 Å². The summed E-state index contributed by atoms with van der Waals surface area (Å²) < 4.78 is 0. The molecule has 0 bridgehead atoms. The van der Waals surface area contributed by atoms with Gasteiger partial charge in [0.1, 0.15) is 0 Å². The van der Waals surface area contributed by atoms with Crippen molar-refractivity contribution in [2.24, 2.45) is 0 Å². The van der Waals surface area contributed by atoms with Gasteiger partial charge in [-0.25, -0.2) is 0 Å². The van der Waals surface area contributed by atoms with Crippen LogP contribution in [-0.2, 0) is 0 Å². The number of nitrogens with zero attached hydrogens (tertiary/aromatic N) is 4. The second kappa shape index (κ2) is 7.28. The maximum absolute atomic E-state index is 6.35. The molecule has 0 N–H and O–H groups in total. The molecule has 1 aliphatic heterocycles. The standard InChI is InChI=1S/C18H23ClN4/c1-14(16-8-3-4-9-17(16)19)22(2)13-15-7-6-12-23(15)18-10-5-11-20-21-18/h3-5,8-11,14-15H,6-7,12-13H2,1-2H3. The Morgan fingerprint density at radius 1 is 1.30 bits per heavy atom. The van der Waals surface area contributed by atoms with Crippen LogP contribution >= 0.6 is 11.6 Å². The van der Waals surface area contributed by atoms with E-state index >= 15 is 0 Å². The first-order valence-corrected chi connectivity index (χ1v) is 8.53. The molecule has 122 valence electrons. The van der Waals surface area contributed by atoms with Gasteiger partial charge in [-0.15, -0.1) is 5.10 Å². The molecule has 3 rings (SSSR count). The Hall–Kier alpha value is -1.65. The quantitative estimate of drug-likeness (QED) is 0.835. The van der Waals surface area contributed by atoms with Crippen molar-refractivity contribution in [1.82, 2.24) is 15.1 Å². The number of aromatic nitrogens is 2. The van der Waals surface area contributed by atoms with Crippen LogP contribution in [0, 0.1) is 0 Å². The summed E-state index contributed by atoms with van der Waals surface area (Å²) in [6.07, 6.45) is 4.12. The van der Waals surface area contributed by atoms with Gasteiger partial charge >= 0.3 is 0 Å². The summed E-state index contributed by atoms with van der Waals surface area (Å²) in [6.45, 7) is 4.25. The molecule has 1 aliphatic rings. The predicted molar refractivity (Wildman–Crippen MR) is 94.9 cm³/mol. The Labute approximate surface area is 143 Å². The maximum atomic E-state index is 6.35. The highest BCUT2D eigenvalue weighted by Gasteiger charge is 2.28. The zero-order chi connectivity index (χ0) is 16.2. The van der Waals surface area contributed by atoms with Gasteiger partial charge in [-0.2, -0.15) is 5.10 Å². The van der Waals surface area contributed by atoms with Crippen molar-refractivity contribution in [3.8, 4) is 0 Å². The molecule has 2 atom stereocenters. The Balaban J connectivity index is 1.69. The Morgan fingerprint density at radius 3 is 2.87 bits per heavy atom. The van der Waals surface area contributed by atoms with Gasteiger partial charge in [0.05, 0.1) is 0 Å². The number of hydrogen-bond donors (Lipinski definition) is 0. The first kappa shape index (κ1) is 16.2. The van der Waals surface area contributed by atoms with Gasteiger partial charge in [0.25, 0.3) is 0 Å². The highest BCUT2D eigenvalue weighted by Crippen LogP contribution is 2.29. The van der Waals surface area contributed by atoms with Gasteiger partial charge in [0.2, 0.25) is 0 Å². The minimum Gasteiger partial charge on any atom is -0.351 e. The molecule has 1 fully saturated rings. The molecule has 0 amide bonds. The number of hydrogen-bond acceptors (Lipinski definition) is 4. The topological polar surface area (TPSA) is 32.3 Å². The third kappa shape index (κ3) is 3.65. The molecule has 1 aromatic heterocycles. The SMILES string of the molecule is CC(c1ccccc1Cl)N(C)CC1CCCN1c1cccnn1. The van der Waals surface area contributed by atoms with Crippen LogP contribution in [0.3, 0.4) is 0 Å². The predicted octanol–water partition coefficient (Wildman–Crippen LogP) is 3.79. The highest BCUT2D eigenvalue weighted by molar-refractivity contribution is 6.31. The first-order chi connectivity index (χ1) is 11.2. The molecule has 0 radical (unpaired) electrons. The van der Waals surface area contributed by atoms with Crippen molar-refractivity contribution < 1.29 is 0 Å². The van der Waals surface area contributed by atoms with Gasteiger partial charge in [-0.05, 0) is 50.6 Å². The van der Waals surface area contributed by atoms with Crippen LogP contribution in [0.5, 0.6) is 0 Å². The number of anilines is 1. The summed E-state index contributed by atoms with van der Waals surface area (Å²) in [7, 11) is 2.17. The molecule has 5 heteroatoms. The summed E-state index contributed by atoms with van der Waals surface area (Å²) in [5, 5.41) is 9.12. The molecule has 2 aromatic rings. The van der Waals surface area contributed by atoms with E-state index in [1.807, 2.05) is 30.3 Å². The van der Waals surface area contributed by atoms with E-state index in [0.717, 1.165) is 23.9 Å². The van der Waals surface area contributed by atoms with E-state index in [4.69, 9.17) is 11.6 Å². The molecule has 1 saturated heterocycles. The Morgan fingerprint density at radius 2 is 2.13 bits per heavy atom. The molecule has 4 nitrogen and oxygen atoms in total. The van der Waals surface area contributed by atoms with Gasteiger partial charge in [-0.3, -0.25) is 4.90 Å². The van der Waals surface area contributed by atoms with Crippen molar-refractivity contribution >= 4 is 17.4 Å². The molecule has 0 aliphatic carbocycles. The average Bonchev–Trinajstić information content (AvgIpc) is 3.03. The molecule has 0 saturated carbocycles. The minimum atomic E-state index is 0.285. The van der Waals surface area contributed by atoms with E-state index in [-0.39, 0.29) is 6.04 Å². The van der Waals surface area contributed by atoms with E-state index in [1.54, 1.807) is 6.20 Å². The fraction of sp³-hybridized carbons (Fsp3) is 0.444. The average molecular weight is 331 g/mol. The largest absolute Gasteiger partial charge is 0.351 e. The summed E-state index contributed by atoms with van der Waals surface area (Å²) in [4.78, 5) is 4.75. The van der Waals surface area contributed by atoms with Gasteiger partial charge in [0, 0.05) is 36.4 Å². The zero-order valence-corrected chi connectivity index (χ0v) is 14.4. The minimum absolute atomic E-state index is 0.285. The Bertz CT molecular complexity index is 634. The van der Waals surface area contributed by atoms with Crippen molar-refractivity contribution in [3.05, 3.63) is 53.2 Å².